The second kappa shape index (κ2) is 18.6. The van der Waals surface area contributed by atoms with Gasteiger partial charge in [-0.25, -0.2) is 0 Å². The lowest BCUT2D eigenvalue weighted by Crippen LogP contribution is -2.45. The van der Waals surface area contributed by atoms with E-state index in [0.29, 0.717) is 37.6 Å². The van der Waals surface area contributed by atoms with E-state index in [1.807, 2.05) is 6.07 Å². The van der Waals surface area contributed by atoms with Gasteiger partial charge in [0.15, 0.2) is 11.5 Å². The molecule has 0 aliphatic rings. The van der Waals surface area contributed by atoms with Gasteiger partial charge in [0.05, 0.1) is 19.8 Å². The summed E-state index contributed by atoms with van der Waals surface area (Å²) in [6.07, 6.45) is 2.97. The van der Waals surface area contributed by atoms with Crippen molar-refractivity contribution in [3.8, 4) is 11.5 Å². The fourth-order valence-electron chi connectivity index (χ4n) is 3.36. The summed E-state index contributed by atoms with van der Waals surface area (Å²) in [4.78, 5) is 0. The number of hydrogen-bond donors (Lipinski definition) is 3. The van der Waals surface area contributed by atoms with Gasteiger partial charge in [0, 0.05) is 38.8 Å². The SMILES string of the molecule is CC[C@@H](C)NC[C@H](O)[C@@H](N)C[C@H](Cc1ccc(OC)c(OCCCOC)c1)C(C)C.Cl.Cl. The highest BCUT2D eigenvalue weighted by atomic mass is 35.5. The Kier molecular flexibility index (Phi) is 19.5. The van der Waals surface area contributed by atoms with Gasteiger partial charge in [-0.2, -0.15) is 0 Å². The van der Waals surface area contributed by atoms with Crippen LogP contribution in [0.1, 0.15) is 52.5 Å². The summed E-state index contributed by atoms with van der Waals surface area (Å²) >= 11 is 0. The molecule has 1 aromatic carbocycles. The van der Waals surface area contributed by atoms with E-state index < -0.39 is 6.10 Å². The highest BCUT2D eigenvalue weighted by Gasteiger charge is 2.23. The summed E-state index contributed by atoms with van der Waals surface area (Å²) in [5.41, 5.74) is 7.55. The minimum absolute atomic E-state index is 0. The molecule has 0 heterocycles. The van der Waals surface area contributed by atoms with Crippen LogP contribution in [0.15, 0.2) is 18.2 Å². The number of nitrogens with two attached hydrogens (primary N) is 1. The van der Waals surface area contributed by atoms with Gasteiger partial charge >= 0.3 is 0 Å². The predicted octanol–water partition coefficient (Wildman–Crippen LogP) is 4.24. The number of ether oxygens (including phenoxy) is 3. The molecule has 8 heteroatoms. The third-order valence-corrected chi connectivity index (χ3v) is 5.78. The number of aliphatic hydroxyl groups is 1. The highest BCUT2D eigenvalue weighted by Crippen LogP contribution is 2.31. The van der Waals surface area contributed by atoms with Crippen molar-refractivity contribution in [2.45, 2.75) is 71.6 Å². The number of halogens is 2. The highest BCUT2D eigenvalue weighted by molar-refractivity contribution is 5.85. The van der Waals surface area contributed by atoms with E-state index in [-0.39, 0.29) is 30.9 Å². The Hall–Kier alpha value is -0.760. The fraction of sp³-hybridized carbons (Fsp3) is 0.750. The summed E-state index contributed by atoms with van der Waals surface area (Å²) < 4.78 is 16.4. The van der Waals surface area contributed by atoms with Crippen LogP contribution in [0.4, 0.5) is 0 Å². The number of hydrogen-bond acceptors (Lipinski definition) is 6. The largest absolute Gasteiger partial charge is 0.493 e. The Balaban J connectivity index is 0. The molecule has 0 spiro atoms. The normalized spacial score (nSPS) is 14.7. The molecule has 4 N–H and O–H groups in total. The van der Waals surface area contributed by atoms with E-state index in [1.54, 1.807) is 14.2 Å². The number of aliphatic hydroxyl groups excluding tert-OH is 1. The molecule has 0 radical (unpaired) electrons. The van der Waals surface area contributed by atoms with Gasteiger partial charge in [-0.1, -0.05) is 26.8 Å². The lowest BCUT2D eigenvalue weighted by Gasteiger charge is -2.28. The van der Waals surface area contributed by atoms with Crippen molar-refractivity contribution in [3.05, 3.63) is 23.8 Å². The van der Waals surface area contributed by atoms with Crippen LogP contribution in [0.2, 0.25) is 0 Å². The van der Waals surface area contributed by atoms with Gasteiger partial charge in [-0.15, -0.1) is 24.8 Å². The molecule has 0 aromatic heterocycles. The van der Waals surface area contributed by atoms with Crippen LogP contribution < -0.4 is 20.5 Å². The van der Waals surface area contributed by atoms with E-state index in [4.69, 9.17) is 19.9 Å². The first-order valence-electron chi connectivity index (χ1n) is 11.3. The Morgan fingerprint density at radius 3 is 2.31 bits per heavy atom. The van der Waals surface area contributed by atoms with Crippen LogP contribution in [-0.2, 0) is 11.2 Å². The van der Waals surface area contributed by atoms with Crippen molar-refractivity contribution in [3.63, 3.8) is 0 Å². The van der Waals surface area contributed by atoms with Crippen molar-refractivity contribution in [2.75, 3.05) is 34.0 Å². The first-order valence-corrected chi connectivity index (χ1v) is 11.3. The first kappa shape index (κ1) is 33.4. The molecule has 0 saturated carbocycles. The van der Waals surface area contributed by atoms with Crippen LogP contribution in [0.5, 0.6) is 11.5 Å². The van der Waals surface area contributed by atoms with Crippen molar-refractivity contribution in [2.24, 2.45) is 17.6 Å². The second-order valence-corrected chi connectivity index (χ2v) is 8.57. The zero-order valence-electron chi connectivity index (χ0n) is 20.6. The molecule has 6 nitrogen and oxygen atoms in total. The Morgan fingerprint density at radius 2 is 1.75 bits per heavy atom. The summed E-state index contributed by atoms with van der Waals surface area (Å²) in [5.74, 6) is 2.32. The van der Waals surface area contributed by atoms with Gasteiger partial charge < -0.3 is 30.4 Å². The smallest absolute Gasteiger partial charge is 0.161 e. The van der Waals surface area contributed by atoms with Gasteiger partial charge in [0.1, 0.15) is 0 Å². The van der Waals surface area contributed by atoms with Crippen LogP contribution in [-0.4, -0.2) is 57.3 Å². The van der Waals surface area contributed by atoms with Gasteiger partial charge in [0.25, 0.3) is 0 Å². The molecule has 0 amide bonds. The lowest BCUT2D eigenvalue weighted by atomic mass is 9.83. The van der Waals surface area contributed by atoms with Gasteiger partial charge in [0.2, 0.25) is 0 Å². The minimum Gasteiger partial charge on any atom is -0.493 e. The maximum atomic E-state index is 10.5. The third-order valence-electron chi connectivity index (χ3n) is 5.78. The van der Waals surface area contributed by atoms with E-state index in [9.17, 15) is 5.11 Å². The van der Waals surface area contributed by atoms with E-state index in [2.05, 4.69) is 45.1 Å². The summed E-state index contributed by atoms with van der Waals surface area (Å²) in [6, 6.07) is 6.24. The summed E-state index contributed by atoms with van der Waals surface area (Å²) in [5, 5.41) is 13.8. The molecule has 0 unspecified atom stereocenters. The monoisotopic (exact) mass is 496 g/mol. The zero-order chi connectivity index (χ0) is 22.5. The molecule has 0 saturated heterocycles. The number of nitrogens with one attached hydrogen (secondary N) is 1. The molecule has 1 rings (SSSR count). The molecule has 0 fully saturated rings. The van der Waals surface area contributed by atoms with Gasteiger partial charge in [-0.3, -0.25) is 0 Å². The average Bonchev–Trinajstić information content (AvgIpc) is 2.74. The van der Waals surface area contributed by atoms with E-state index >= 15 is 0 Å². The molecule has 0 bridgehead atoms. The van der Waals surface area contributed by atoms with Gasteiger partial charge in [-0.05, 0) is 55.7 Å². The van der Waals surface area contributed by atoms with Crippen molar-refractivity contribution in [1.29, 1.82) is 0 Å². The van der Waals surface area contributed by atoms with Crippen molar-refractivity contribution >= 4 is 24.8 Å². The van der Waals surface area contributed by atoms with Crippen molar-refractivity contribution in [1.82, 2.24) is 5.32 Å². The Morgan fingerprint density at radius 1 is 1.06 bits per heavy atom. The maximum Gasteiger partial charge on any atom is 0.161 e. The van der Waals surface area contributed by atoms with Crippen LogP contribution >= 0.6 is 24.8 Å². The first-order chi connectivity index (χ1) is 14.3. The fourth-order valence-corrected chi connectivity index (χ4v) is 3.36. The molecule has 1 aromatic rings. The molecule has 0 aliphatic heterocycles. The maximum absolute atomic E-state index is 10.5. The zero-order valence-corrected chi connectivity index (χ0v) is 22.3. The van der Waals surface area contributed by atoms with Crippen molar-refractivity contribution < 1.29 is 19.3 Å². The Bertz CT molecular complexity index is 593. The molecular formula is C24H46Cl2N2O4. The van der Waals surface area contributed by atoms with Crippen LogP contribution in [0.3, 0.4) is 0 Å². The minimum atomic E-state index is -0.546. The lowest BCUT2D eigenvalue weighted by molar-refractivity contribution is 0.121. The molecular weight excluding hydrogens is 451 g/mol. The van der Waals surface area contributed by atoms with E-state index in [0.717, 1.165) is 37.2 Å². The van der Waals surface area contributed by atoms with E-state index in [1.165, 1.54) is 5.56 Å². The Labute approximate surface area is 207 Å². The summed E-state index contributed by atoms with van der Waals surface area (Å²) in [6.45, 7) is 10.5. The topological polar surface area (TPSA) is 86.0 Å². The quantitative estimate of drug-likeness (QED) is 0.296. The number of methoxy groups -OCH3 is 2. The molecule has 0 aliphatic carbocycles. The molecule has 190 valence electrons. The van der Waals surface area contributed by atoms with Crippen LogP contribution in [0, 0.1) is 11.8 Å². The second-order valence-electron chi connectivity index (χ2n) is 8.57. The van der Waals surface area contributed by atoms with Crippen LogP contribution in [0.25, 0.3) is 0 Å². The molecule has 32 heavy (non-hydrogen) atoms. The molecule has 4 atom stereocenters. The third kappa shape index (κ3) is 12.5. The predicted molar refractivity (Wildman–Crippen MR) is 138 cm³/mol. The average molecular weight is 498 g/mol. The summed E-state index contributed by atoms with van der Waals surface area (Å²) in [7, 11) is 3.34. The standard InChI is InChI=1S/C24H44N2O4.2ClH/c1-7-18(4)26-16-22(27)21(25)15-20(17(2)3)13-19-9-10-23(29-6)24(14-19)30-12-8-11-28-5;;/h9-10,14,17-18,20-22,26-27H,7-8,11-13,15-16,25H2,1-6H3;2*1H/t18-,20+,21+,22+;;/m1../s1. The number of benzene rings is 1. The number of rotatable bonds is 16.